The van der Waals surface area contributed by atoms with Gasteiger partial charge in [-0.1, -0.05) is 12.1 Å². The Bertz CT molecular complexity index is 1080. The molecule has 0 unspecified atom stereocenters. The zero-order valence-electron chi connectivity index (χ0n) is 19.2. The quantitative estimate of drug-likeness (QED) is 0.660. The summed E-state index contributed by atoms with van der Waals surface area (Å²) >= 11 is 0. The number of rotatable bonds is 8. The number of carbonyl (C=O) groups is 2. The molecule has 2 bridgehead atoms. The second-order valence-corrected chi connectivity index (χ2v) is 8.79. The second-order valence-electron chi connectivity index (χ2n) is 8.79. The van der Waals surface area contributed by atoms with Crippen molar-refractivity contribution in [3.8, 4) is 11.5 Å². The van der Waals surface area contributed by atoms with Crippen LogP contribution in [0.2, 0.25) is 0 Å². The number of ether oxygens (including phenoxy) is 2. The van der Waals surface area contributed by atoms with Gasteiger partial charge in [-0.2, -0.15) is 0 Å². The van der Waals surface area contributed by atoms with E-state index in [2.05, 4.69) is 5.32 Å². The van der Waals surface area contributed by atoms with Crippen LogP contribution in [-0.4, -0.2) is 55.1 Å². The number of nitrogens with one attached hydrogen (secondary N) is 1. The van der Waals surface area contributed by atoms with Crippen LogP contribution in [0.1, 0.15) is 36.4 Å². The fourth-order valence-corrected chi connectivity index (χ4v) is 4.95. The van der Waals surface area contributed by atoms with Gasteiger partial charge in [0.1, 0.15) is 0 Å². The fraction of sp³-hybridized carbons (Fsp3) is 0.480. The summed E-state index contributed by atoms with van der Waals surface area (Å²) in [6.45, 7) is 2.41. The minimum atomic E-state index is -0.127. The number of hydrogen-bond acceptors (Lipinski definition) is 5. The summed E-state index contributed by atoms with van der Waals surface area (Å²) < 4.78 is 12.4. The zero-order chi connectivity index (χ0) is 23.4. The van der Waals surface area contributed by atoms with Crippen LogP contribution in [0.25, 0.3) is 0 Å². The van der Waals surface area contributed by atoms with Crippen molar-refractivity contribution < 1.29 is 19.1 Å². The number of fused-ring (bicyclic) bond motifs is 4. The Balaban J connectivity index is 1.23. The molecule has 176 valence electrons. The lowest BCUT2D eigenvalue weighted by molar-refractivity contribution is -0.136. The highest BCUT2D eigenvalue weighted by Gasteiger charge is 2.36. The predicted octanol–water partition coefficient (Wildman–Crippen LogP) is 1.95. The predicted molar refractivity (Wildman–Crippen MR) is 124 cm³/mol. The molecule has 0 saturated carbocycles. The van der Waals surface area contributed by atoms with Gasteiger partial charge in [-0.3, -0.25) is 14.4 Å². The third-order valence-corrected chi connectivity index (χ3v) is 6.58. The number of nitrogens with zero attached hydrogens (tertiary/aromatic N) is 2. The maximum absolute atomic E-state index is 12.8. The molecule has 0 radical (unpaired) electrons. The van der Waals surface area contributed by atoms with Crippen molar-refractivity contribution in [3.63, 3.8) is 0 Å². The van der Waals surface area contributed by atoms with E-state index < -0.39 is 0 Å². The Morgan fingerprint density at radius 1 is 1.03 bits per heavy atom. The molecule has 2 aromatic rings. The molecule has 2 atom stereocenters. The third kappa shape index (κ3) is 5.21. The minimum Gasteiger partial charge on any atom is -0.493 e. The Morgan fingerprint density at radius 2 is 1.85 bits per heavy atom. The number of carbonyl (C=O) groups excluding carboxylic acids is 2. The van der Waals surface area contributed by atoms with Crippen molar-refractivity contribution >= 4 is 11.8 Å². The number of aromatic nitrogens is 1. The van der Waals surface area contributed by atoms with E-state index in [4.69, 9.17) is 9.47 Å². The molecule has 1 saturated heterocycles. The van der Waals surface area contributed by atoms with Gasteiger partial charge in [0.15, 0.2) is 11.5 Å². The molecule has 8 nitrogen and oxygen atoms in total. The molecule has 1 aromatic carbocycles. The van der Waals surface area contributed by atoms with Crippen LogP contribution in [0.5, 0.6) is 11.5 Å². The monoisotopic (exact) mass is 453 g/mol. The summed E-state index contributed by atoms with van der Waals surface area (Å²) in [4.78, 5) is 39.1. The Labute approximate surface area is 193 Å². The second kappa shape index (κ2) is 10.1. The number of benzene rings is 1. The van der Waals surface area contributed by atoms with Gasteiger partial charge in [0.05, 0.1) is 14.2 Å². The maximum Gasteiger partial charge on any atom is 0.250 e. The minimum absolute atomic E-state index is 0.00599. The largest absolute Gasteiger partial charge is 0.493 e. The molecule has 1 N–H and O–H groups in total. The van der Waals surface area contributed by atoms with Gasteiger partial charge in [0, 0.05) is 56.7 Å². The lowest BCUT2D eigenvalue weighted by Gasteiger charge is -2.42. The van der Waals surface area contributed by atoms with E-state index in [9.17, 15) is 14.4 Å². The van der Waals surface area contributed by atoms with Crippen LogP contribution in [0.15, 0.2) is 41.2 Å². The first-order valence-electron chi connectivity index (χ1n) is 11.4. The van der Waals surface area contributed by atoms with Crippen LogP contribution < -0.4 is 20.3 Å². The summed E-state index contributed by atoms with van der Waals surface area (Å²) in [6, 6.07) is 11.1. The first-order valence-corrected chi connectivity index (χ1v) is 11.4. The average molecular weight is 454 g/mol. The Morgan fingerprint density at radius 3 is 2.64 bits per heavy atom. The van der Waals surface area contributed by atoms with E-state index in [1.807, 2.05) is 33.7 Å². The highest BCUT2D eigenvalue weighted by molar-refractivity contribution is 5.83. The lowest BCUT2D eigenvalue weighted by Crippen LogP contribution is -2.49. The molecule has 3 heterocycles. The number of likely N-dealkylation sites (tertiary alicyclic amines) is 1. The van der Waals surface area contributed by atoms with Crippen molar-refractivity contribution in [1.82, 2.24) is 14.8 Å². The van der Waals surface area contributed by atoms with Gasteiger partial charge < -0.3 is 24.3 Å². The third-order valence-electron chi connectivity index (χ3n) is 6.58. The van der Waals surface area contributed by atoms with Gasteiger partial charge in [0.25, 0.3) is 5.56 Å². The number of methoxy groups -OCH3 is 2. The molecule has 1 aromatic heterocycles. The van der Waals surface area contributed by atoms with E-state index >= 15 is 0 Å². The smallest absolute Gasteiger partial charge is 0.250 e. The Hall–Kier alpha value is -3.29. The average Bonchev–Trinajstić information content (AvgIpc) is 2.83. The molecule has 4 rings (SSSR count). The van der Waals surface area contributed by atoms with Gasteiger partial charge in [-0.25, -0.2) is 0 Å². The summed E-state index contributed by atoms with van der Waals surface area (Å²) in [5.74, 6) is 1.68. The molecule has 1 fully saturated rings. The van der Waals surface area contributed by atoms with Gasteiger partial charge in [-0.15, -0.1) is 0 Å². The Kier molecular flexibility index (Phi) is 7.01. The van der Waals surface area contributed by atoms with E-state index in [1.165, 1.54) is 0 Å². The number of piperidine rings is 1. The molecule has 0 aliphatic carbocycles. The van der Waals surface area contributed by atoms with Crippen LogP contribution in [-0.2, 0) is 22.6 Å². The summed E-state index contributed by atoms with van der Waals surface area (Å²) in [5.41, 5.74) is 2.08. The molecule has 33 heavy (non-hydrogen) atoms. The number of amides is 2. The number of pyridine rings is 1. The first kappa shape index (κ1) is 22.9. The highest BCUT2D eigenvalue weighted by Crippen LogP contribution is 2.35. The van der Waals surface area contributed by atoms with Crippen LogP contribution >= 0.6 is 0 Å². The van der Waals surface area contributed by atoms with Crippen molar-refractivity contribution in [3.05, 3.63) is 58.0 Å². The molecule has 8 heteroatoms. The fourth-order valence-electron chi connectivity index (χ4n) is 4.95. The molecule has 2 aliphatic heterocycles. The standard InChI is InChI=1S/C25H31N3O5/c1-32-21-7-6-17(13-22(21)33-2)10-11-26-23(29)8-9-24(30)27-14-18-12-19(16-27)20-4-3-5-25(31)28(20)15-18/h3-7,13,18-19H,8-12,14-16H2,1-2H3,(H,26,29)/t18-,19+/m0/s1. The summed E-state index contributed by atoms with van der Waals surface area (Å²) in [6.07, 6.45) is 2.04. The van der Waals surface area contributed by atoms with Gasteiger partial charge >= 0.3 is 0 Å². The SMILES string of the molecule is COc1ccc(CCNC(=O)CCC(=O)N2C[C@@H]3C[C@H](C2)c2cccc(=O)n2C3)cc1OC. The van der Waals surface area contributed by atoms with Crippen LogP contribution in [0.3, 0.4) is 0 Å². The molecule has 0 spiro atoms. The van der Waals surface area contributed by atoms with Crippen molar-refractivity contribution in [2.75, 3.05) is 33.9 Å². The first-order chi connectivity index (χ1) is 16.0. The van der Waals surface area contributed by atoms with Crippen molar-refractivity contribution in [2.24, 2.45) is 5.92 Å². The van der Waals surface area contributed by atoms with E-state index in [0.717, 1.165) is 17.7 Å². The number of hydrogen-bond donors (Lipinski definition) is 1. The van der Waals surface area contributed by atoms with Crippen LogP contribution in [0, 0.1) is 5.92 Å². The van der Waals surface area contributed by atoms with Crippen molar-refractivity contribution in [2.45, 2.75) is 38.1 Å². The molecule has 2 aliphatic rings. The summed E-state index contributed by atoms with van der Waals surface area (Å²) in [7, 11) is 3.18. The zero-order valence-corrected chi connectivity index (χ0v) is 19.2. The lowest BCUT2D eigenvalue weighted by atomic mass is 9.83. The summed E-state index contributed by atoms with van der Waals surface area (Å²) in [5, 5.41) is 2.89. The molecular formula is C25H31N3O5. The highest BCUT2D eigenvalue weighted by atomic mass is 16.5. The van der Waals surface area contributed by atoms with Gasteiger partial charge in [-0.05, 0) is 42.5 Å². The van der Waals surface area contributed by atoms with E-state index in [-0.39, 0.29) is 42.1 Å². The molecular weight excluding hydrogens is 422 g/mol. The van der Waals surface area contributed by atoms with E-state index in [1.54, 1.807) is 26.4 Å². The van der Waals surface area contributed by atoms with E-state index in [0.29, 0.717) is 44.1 Å². The van der Waals surface area contributed by atoms with Crippen molar-refractivity contribution in [1.29, 1.82) is 0 Å². The van der Waals surface area contributed by atoms with Gasteiger partial charge in [0.2, 0.25) is 11.8 Å². The van der Waals surface area contributed by atoms with Crippen LogP contribution in [0.4, 0.5) is 0 Å². The topological polar surface area (TPSA) is 89.9 Å². The normalized spacial score (nSPS) is 18.9. The maximum atomic E-state index is 12.8. The molecule has 2 amide bonds.